The molecule has 0 aliphatic rings. The molecular weight excluding hydrogens is 358 g/mol. The highest BCUT2D eigenvalue weighted by Crippen LogP contribution is 2.24. The van der Waals surface area contributed by atoms with E-state index in [9.17, 15) is 4.79 Å². The normalized spacial score (nSPS) is 11.3. The number of amides is 1. The van der Waals surface area contributed by atoms with Crippen LogP contribution in [-0.4, -0.2) is 24.8 Å². The molecule has 0 aliphatic heterocycles. The van der Waals surface area contributed by atoms with Gasteiger partial charge in [-0.05, 0) is 24.3 Å². The van der Waals surface area contributed by atoms with E-state index < -0.39 is 0 Å². The summed E-state index contributed by atoms with van der Waals surface area (Å²) < 4.78 is 3.88. The minimum Gasteiger partial charge on any atom is -0.297 e. The van der Waals surface area contributed by atoms with Crippen LogP contribution >= 0.6 is 11.3 Å². The molecule has 1 amide bonds. The molecule has 132 valence electrons. The molecule has 3 aromatic heterocycles. The van der Waals surface area contributed by atoms with Crippen molar-refractivity contribution in [1.29, 1.82) is 0 Å². The lowest BCUT2D eigenvalue weighted by atomic mass is 10.3. The van der Waals surface area contributed by atoms with E-state index in [2.05, 4.69) is 15.3 Å². The van der Waals surface area contributed by atoms with E-state index in [4.69, 9.17) is 0 Å². The van der Waals surface area contributed by atoms with Gasteiger partial charge in [-0.1, -0.05) is 30.3 Å². The maximum Gasteiger partial charge on any atom is 0.232 e. The second-order valence-corrected chi connectivity index (χ2v) is 7.02. The smallest absolute Gasteiger partial charge is 0.232 e. The predicted molar refractivity (Wildman–Crippen MR) is 106 cm³/mol. The van der Waals surface area contributed by atoms with Crippen LogP contribution in [-0.2, 0) is 11.2 Å². The van der Waals surface area contributed by atoms with Gasteiger partial charge < -0.3 is 0 Å². The average molecular weight is 373 g/mol. The maximum absolute atomic E-state index is 12.6. The summed E-state index contributed by atoms with van der Waals surface area (Å²) in [6.07, 6.45) is 4.02. The van der Waals surface area contributed by atoms with Crippen LogP contribution in [0.2, 0.25) is 0 Å². The number of aromatic nitrogens is 4. The van der Waals surface area contributed by atoms with Gasteiger partial charge in [-0.15, -0.1) is 11.3 Å². The highest BCUT2D eigenvalue weighted by atomic mass is 32.1. The third kappa shape index (κ3) is 2.88. The first-order chi connectivity index (χ1) is 13.3. The fraction of sp³-hybridized carbons (Fsp3) is 0.0500. The van der Waals surface area contributed by atoms with Gasteiger partial charge in [-0.25, -0.2) is 9.97 Å². The minimum absolute atomic E-state index is 0.145. The predicted octanol–water partition coefficient (Wildman–Crippen LogP) is 3.92. The molecule has 2 aromatic carbocycles. The van der Waals surface area contributed by atoms with Gasteiger partial charge in [-0.3, -0.25) is 19.1 Å². The third-order valence-electron chi connectivity index (χ3n) is 4.31. The Morgan fingerprint density at radius 3 is 2.70 bits per heavy atom. The van der Waals surface area contributed by atoms with Crippen molar-refractivity contribution in [3.05, 3.63) is 78.1 Å². The van der Waals surface area contributed by atoms with Crippen molar-refractivity contribution in [1.82, 2.24) is 18.9 Å². The fourth-order valence-corrected chi connectivity index (χ4v) is 3.86. The lowest BCUT2D eigenvalue weighted by Gasteiger charge is -2.09. The van der Waals surface area contributed by atoms with Crippen LogP contribution in [0.1, 0.15) is 5.69 Å². The van der Waals surface area contributed by atoms with Gasteiger partial charge in [-0.2, -0.15) is 0 Å². The summed E-state index contributed by atoms with van der Waals surface area (Å²) in [4.78, 5) is 22.6. The van der Waals surface area contributed by atoms with Gasteiger partial charge in [0.25, 0.3) is 0 Å². The maximum atomic E-state index is 12.6. The van der Waals surface area contributed by atoms with Crippen LogP contribution in [0.15, 0.2) is 72.4 Å². The number of nitrogens with zero attached hydrogens (tertiary/aromatic N) is 4. The van der Waals surface area contributed by atoms with Crippen molar-refractivity contribution in [3.8, 4) is 5.69 Å². The number of benzene rings is 2. The molecule has 0 saturated carbocycles. The second kappa shape index (κ2) is 6.37. The van der Waals surface area contributed by atoms with Crippen LogP contribution < -0.4 is 5.32 Å². The van der Waals surface area contributed by atoms with E-state index in [0.717, 1.165) is 27.4 Å². The van der Waals surface area contributed by atoms with Crippen molar-refractivity contribution in [2.75, 3.05) is 5.32 Å². The standard InChI is InChI=1S/C20H15N5OS/c26-18(12-14-13-24-10-11-27-20(24)21-14)23-19-22-16-8-4-5-9-17(16)25(19)15-6-2-1-3-7-15/h1-11,13H,12H2,(H,22,23,26). The van der Waals surface area contributed by atoms with Gasteiger partial charge in [0, 0.05) is 23.5 Å². The average Bonchev–Trinajstić information content (AvgIpc) is 3.35. The summed E-state index contributed by atoms with van der Waals surface area (Å²) >= 11 is 1.55. The number of para-hydroxylation sites is 3. The molecule has 0 fully saturated rings. The van der Waals surface area contributed by atoms with Crippen LogP contribution in [0.4, 0.5) is 5.95 Å². The van der Waals surface area contributed by atoms with Crippen LogP contribution in [0.25, 0.3) is 21.7 Å². The number of carbonyl (C=O) groups is 1. The molecule has 7 heteroatoms. The van der Waals surface area contributed by atoms with Crippen LogP contribution in [0.3, 0.4) is 0 Å². The monoisotopic (exact) mass is 373 g/mol. The summed E-state index contributed by atoms with van der Waals surface area (Å²) in [5.41, 5.74) is 3.46. The largest absolute Gasteiger partial charge is 0.297 e. The molecule has 1 N–H and O–H groups in total. The lowest BCUT2D eigenvalue weighted by molar-refractivity contribution is -0.115. The Balaban J connectivity index is 1.49. The molecule has 0 radical (unpaired) electrons. The Kier molecular flexibility index (Phi) is 3.72. The number of anilines is 1. The first-order valence-corrected chi connectivity index (χ1v) is 9.40. The van der Waals surface area contributed by atoms with Crippen molar-refractivity contribution in [3.63, 3.8) is 0 Å². The number of thiazole rings is 1. The van der Waals surface area contributed by atoms with Gasteiger partial charge in [0.1, 0.15) is 0 Å². The number of rotatable bonds is 4. The molecule has 0 aliphatic carbocycles. The molecule has 27 heavy (non-hydrogen) atoms. The minimum atomic E-state index is -0.145. The van der Waals surface area contributed by atoms with Crippen LogP contribution in [0, 0.1) is 0 Å². The summed E-state index contributed by atoms with van der Waals surface area (Å²) in [6, 6.07) is 17.7. The van der Waals surface area contributed by atoms with Gasteiger partial charge >= 0.3 is 0 Å². The fourth-order valence-electron chi connectivity index (χ4n) is 3.14. The van der Waals surface area contributed by atoms with E-state index in [1.165, 1.54) is 0 Å². The van der Waals surface area contributed by atoms with Crippen LogP contribution in [0.5, 0.6) is 0 Å². The molecule has 6 nitrogen and oxygen atoms in total. The molecule has 0 atom stereocenters. The molecule has 5 aromatic rings. The summed E-state index contributed by atoms with van der Waals surface area (Å²) in [5.74, 6) is 0.363. The SMILES string of the molecule is O=C(Cc1cn2ccsc2n1)Nc1nc2ccccc2n1-c1ccccc1. The Bertz CT molecular complexity index is 1220. The Morgan fingerprint density at radius 1 is 1.04 bits per heavy atom. The number of hydrogen-bond donors (Lipinski definition) is 1. The number of carbonyl (C=O) groups excluding carboxylic acids is 1. The van der Waals surface area contributed by atoms with Gasteiger partial charge in [0.15, 0.2) is 4.96 Å². The topological polar surface area (TPSA) is 64.2 Å². The Morgan fingerprint density at radius 2 is 1.85 bits per heavy atom. The third-order valence-corrected chi connectivity index (χ3v) is 5.08. The van der Waals surface area contributed by atoms with E-state index >= 15 is 0 Å². The van der Waals surface area contributed by atoms with Gasteiger partial charge in [0.05, 0.1) is 23.1 Å². The Hall–Kier alpha value is -3.45. The molecule has 0 unspecified atom stereocenters. The molecule has 3 heterocycles. The zero-order chi connectivity index (χ0) is 18.2. The van der Waals surface area contributed by atoms with Crippen molar-refractivity contribution in [2.45, 2.75) is 6.42 Å². The second-order valence-electron chi connectivity index (χ2n) is 6.15. The zero-order valence-corrected chi connectivity index (χ0v) is 15.1. The molecule has 0 saturated heterocycles. The van der Waals surface area contributed by atoms with E-state index in [0.29, 0.717) is 5.95 Å². The number of nitrogens with one attached hydrogen (secondary N) is 1. The van der Waals surface area contributed by atoms with E-state index in [-0.39, 0.29) is 12.3 Å². The first kappa shape index (κ1) is 15.8. The highest BCUT2D eigenvalue weighted by Gasteiger charge is 2.16. The van der Waals surface area contributed by atoms with E-state index in [1.807, 2.05) is 81.3 Å². The number of fused-ring (bicyclic) bond motifs is 2. The van der Waals surface area contributed by atoms with Crippen molar-refractivity contribution < 1.29 is 4.79 Å². The zero-order valence-electron chi connectivity index (χ0n) is 14.2. The summed E-state index contributed by atoms with van der Waals surface area (Å²) in [7, 11) is 0. The number of imidazole rings is 2. The van der Waals surface area contributed by atoms with E-state index in [1.54, 1.807) is 11.3 Å². The molecule has 0 bridgehead atoms. The molecule has 5 rings (SSSR count). The first-order valence-electron chi connectivity index (χ1n) is 8.52. The summed E-state index contributed by atoms with van der Waals surface area (Å²) in [6.45, 7) is 0. The highest BCUT2D eigenvalue weighted by molar-refractivity contribution is 7.15. The lowest BCUT2D eigenvalue weighted by Crippen LogP contribution is -2.17. The Labute approximate surface area is 158 Å². The molecular formula is C20H15N5OS. The van der Waals surface area contributed by atoms with Gasteiger partial charge in [0.2, 0.25) is 11.9 Å². The molecule has 0 spiro atoms. The number of hydrogen-bond acceptors (Lipinski definition) is 4. The van der Waals surface area contributed by atoms with Crippen molar-refractivity contribution in [2.24, 2.45) is 0 Å². The van der Waals surface area contributed by atoms with Crippen molar-refractivity contribution >= 4 is 39.2 Å². The summed E-state index contributed by atoms with van der Waals surface area (Å²) in [5, 5.41) is 4.92. The quantitative estimate of drug-likeness (QED) is 0.519.